The van der Waals surface area contributed by atoms with E-state index in [4.69, 9.17) is 4.74 Å². The molecule has 1 aromatic heterocycles. The first-order chi connectivity index (χ1) is 13.6. The van der Waals surface area contributed by atoms with E-state index in [0.29, 0.717) is 13.1 Å². The molecule has 2 heterocycles. The number of nitrogens with one attached hydrogen (secondary N) is 2. The molecule has 0 saturated carbocycles. The minimum Gasteiger partial charge on any atom is -0.376 e. The molecule has 1 atom stereocenters. The average molecular weight is 378 g/mol. The van der Waals surface area contributed by atoms with Crippen molar-refractivity contribution in [2.24, 2.45) is 0 Å². The van der Waals surface area contributed by atoms with Gasteiger partial charge in [0, 0.05) is 25.4 Å². The Balaban J connectivity index is 1.52. The molecule has 0 radical (unpaired) electrons. The molecule has 6 nitrogen and oxygen atoms in total. The first-order valence-electron chi connectivity index (χ1n) is 9.76. The molecule has 0 spiro atoms. The minimum absolute atomic E-state index is 0.105. The van der Waals surface area contributed by atoms with Crippen LogP contribution in [0.2, 0.25) is 0 Å². The third-order valence-corrected chi connectivity index (χ3v) is 5.04. The number of hydrogen-bond donors (Lipinski definition) is 2. The van der Waals surface area contributed by atoms with E-state index in [1.165, 1.54) is 5.56 Å². The number of aryl methyl sites for hydroxylation is 2. The fourth-order valence-corrected chi connectivity index (χ4v) is 3.70. The molecule has 1 saturated heterocycles. The predicted molar refractivity (Wildman–Crippen MR) is 110 cm³/mol. The predicted octanol–water partition coefficient (Wildman–Crippen LogP) is 4.39. The van der Waals surface area contributed by atoms with Crippen molar-refractivity contribution in [2.45, 2.75) is 39.3 Å². The topological polar surface area (TPSA) is 70.2 Å². The molecular weight excluding hydrogens is 352 g/mol. The molecular formula is C22H26N4O2. The van der Waals surface area contributed by atoms with Crippen molar-refractivity contribution < 1.29 is 9.53 Å². The summed E-state index contributed by atoms with van der Waals surface area (Å²) in [6.07, 6.45) is 2.16. The lowest BCUT2D eigenvalue weighted by atomic mass is 10.1. The van der Waals surface area contributed by atoms with E-state index in [1.54, 1.807) is 0 Å². The molecule has 1 aliphatic heterocycles. The molecule has 2 aromatic carbocycles. The van der Waals surface area contributed by atoms with Gasteiger partial charge in [-0.15, -0.1) is 0 Å². The van der Waals surface area contributed by atoms with Gasteiger partial charge < -0.3 is 19.9 Å². The number of ether oxygens (including phenoxy) is 1. The van der Waals surface area contributed by atoms with Crippen LogP contribution in [0.4, 0.5) is 10.5 Å². The maximum Gasteiger partial charge on any atom is 0.322 e. The molecule has 2 amide bonds. The van der Waals surface area contributed by atoms with Crippen molar-refractivity contribution >= 4 is 22.8 Å². The average Bonchev–Trinajstić information content (AvgIpc) is 3.29. The standard InChI is InChI=1S/C22H26N4O2/c1-15-5-3-6-17(11-15)13-26(14-19-7-4-10-28-19)22(27)25-18-8-9-20-21(12-18)24-16(2)23-20/h3,5-6,8-9,11-12,19H,4,7,10,13-14H2,1-2H3,(H,23,24)(H,25,27). The number of imidazole rings is 1. The molecule has 1 unspecified atom stereocenters. The molecule has 0 bridgehead atoms. The normalized spacial score (nSPS) is 16.4. The second-order valence-corrected chi connectivity index (χ2v) is 7.49. The lowest BCUT2D eigenvalue weighted by molar-refractivity contribution is 0.0819. The number of urea groups is 1. The molecule has 2 N–H and O–H groups in total. The van der Waals surface area contributed by atoms with Gasteiger partial charge in [-0.2, -0.15) is 0 Å². The summed E-state index contributed by atoms with van der Waals surface area (Å²) in [5.41, 5.74) is 4.87. The highest BCUT2D eigenvalue weighted by atomic mass is 16.5. The lowest BCUT2D eigenvalue weighted by Crippen LogP contribution is -2.39. The van der Waals surface area contributed by atoms with E-state index in [-0.39, 0.29) is 12.1 Å². The number of aromatic nitrogens is 2. The van der Waals surface area contributed by atoms with E-state index in [0.717, 1.165) is 47.6 Å². The molecule has 146 valence electrons. The van der Waals surface area contributed by atoms with E-state index in [9.17, 15) is 4.79 Å². The Hall–Kier alpha value is -2.86. The lowest BCUT2D eigenvalue weighted by Gasteiger charge is -2.26. The fraction of sp³-hybridized carbons (Fsp3) is 0.364. The second kappa shape index (κ2) is 8.02. The zero-order valence-corrected chi connectivity index (χ0v) is 16.4. The van der Waals surface area contributed by atoms with Crippen LogP contribution in [0.15, 0.2) is 42.5 Å². The van der Waals surface area contributed by atoms with Crippen LogP contribution in [0.25, 0.3) is 11.0 Å². The van der Waals surface area contributed by atoms with Crippen LogP contribution in [0.1, 0.15) is 29.8 Å². The number of fused-ring (bicyclic) bond motifs is 1. The number of anilines is 1. The summed E-state index contributed by atoms with van der Waals surface area (Å²) in [5, 5.41) is 3.04. The largest absolute Gasteiger partial charge is 0.376 e. The summed E-state index contributed by atoms with van der Waals surface area (Å²) in [6.45, 7) is 5.91. The minimum atomic E-state index is -0.118. The Morgan fingerprint density at radius 3 is 2.96 bits per heavy atom. The quantitative estimate of drug-likeness (QED) is 0.692. The van der Waals surface area contributed by atoms with Crippen LogP contribution in [0.5, 0.6) is 0 Å². The Morgan fingerprint density at radius 2 is 2.18 bits per heavy atom. The van der Waals surface area contributed by atoms with E-state index < -0.39 is 0 Å². The third-order valence-electron chi connectivity index (χ3n) is 5.04. The van der Waals surface area contributed by atoms with E-state index in [2.05, 4.69) is 40.4 Å². The van der Waals surface area contributed by atoms with Crippen molar-refractivity contribution in [1.82, 2.24) is 14.9 Å². The number of H-pyrrole nitrogens is 1. The summed E-state index contributed by atoms with van der Waals surface area (Å²) in [7, 11) is 0. The van der Waals surface area contributed by atoms with Crippen molar-refractivity contribution in [2.75, 3.05) is 18.5 Å². The maximum atomic E-state index is 13.1. The number of benzene rings is 2. The SMILES string of the molecule is Cc1cccc(CN(CC2CCCO2)C(=O)Nc2ccc3nc(C)[nH]c3c2)c1. The first kappa shape index (κ1) is 18.5. The zero-order valence-electron chi connectivity index (χ0n) is 16.4. The Morgan fingerprint density at radius 1 is 1.29 bits per heavy atom. The monoisotopic (exact) mass is 378 g/mol. The van der Waals surface area contributed by atoms with Crippen LogP contribution in [0, 0.1) is 13.8 Å². The highest BCUT2D eigenvalue weighted by Crippen LogP contribution is 2.20. The Bertz CT molecular complexity index is 976. The third kappa shape index (κ3) is 4.34. The summed E-state index contributed by atoms with van der Waals surface area (Å²) < 4.78 is 5.77. The molecule has 3 aromatic rings. The van der Waals surface area contributed by atoms with E-state index >= 15 is 0 Å². The van der Waals surface area contributed by atoms with Crippen molar-refractivity contribution in [3.8, 4) is 0 Å². The number of rotatable bonds is 5. The van der Waals surface area contributed by atoms with Crippen LogP contribution < -0.4 is 5.32 Å². The molecule has 1 aliphatic rings. The van der Waals surface area contributed by atoms with E-state index in [1.807, 2.05) is 36.1 Å². The maximum absolute atomic E-state index is 13.1. The van der Waals surface area contributed by atoms with Crippen LogP contribution in [-0.4, -0.2) is 40.2 Å². The van der Waals surface area contributed by atoms with Gasteiger partial charge in [-0.05, 0) is 50.5 Å². The second-order valence-electron chi connectivity index (χ2n) is 7.49. The molecule has 4 rings (SSSR count). The number of aromatic amines is 1. The van der Waals surface area contributed by atoms with Gasteiger partial charge in [0.25, 0.3) is 0 Å². The van der Waals surface area contributed by atoms with Crippen LogP contribution in [-0.2, 0) is 11.3 Å². The highest BCUT2D eigenvalue weighted by molar-refractivity contribution is 5.92. The highest BCUT2D eigenvalue weighted by Gasteiger charge is 2.23. The summed E-state index contributed by atoms with van der Waals surface area (Å²) in [6, 6.07) is 13.9. The van der Waals surface area contributed by atoms with Gasteiger partial charge in [-0.25, -0.2) is 9.78 Å². The number of hydrogen-bond acceptors (Lipinski definition) is 3. The van der Waals surface area contributed by atoms with Crippen LogP contribution >= 0.6 is 0 Å². The summed E-state index contributed by atoms with van der Waals surface area (Å²) in [4.78, 5) is 22.5. The van der Waals surface area contributed by atoms with Gasteiger partial charge in [-0.3, -0.25) is 0 Å². The van der Waals surface area contributed by atoms with Gasteiger partial charge in [0.15, 0.2) is 0 Å². The summed E-state index contributed by atoms with van der Waals surface area (Å²) in [5.74, 6) is 0.859. The smallest absolute Gasteiger partial charge is 0.322 e. The fourth-order valence-electron chi connectivity index (χ4n) is 3.70. The number of carbonyl (C=O) groups is 1. The Labute approximate surface area is 164 Å². The van der Waals surface area contributed by atoms with Gasteiger partial charge in [0.05, 0.1) is 17.1 Å². The van der Waals surface area contributed by atoms with Crippen molar-refractivity contribution in [1.29, 1.82) is 0 Å². The molecule has 28 heavy (non-hydrogen) atoms. The van der Waals surface area contributed by atoms with Gasteiger partial charge in [0.1, 0.15) is 5.82 Å². The zero-order chi connectivity index (χ0) is 19.5. The van der Waals surface area contributed by atoms with Gasteiger partial charge in [-0.1, -0.05) is 29.8 Å². The molecule has 1 fully saturated rings. The van der Waals surface area contributed by atoms with Gasteiger partial charge >= 0.3 is 6.03 Å². The van der Waals surface area contributed by atoms with Gasteiger partial charge in [0.2, 0.25) is 0 Å². The Kier molecular flexibility index (Phi) is 5.30. The van der Waals surface area contributed by atoms with Crippen LogP contribution in [0.3, 0.4) is 0 Å². The first-order valence-corrected chi connectivity index (χ1v) is 9.76. The van der Waals surface area contributed by atoms with Crippen molar-refractivity contribution in [3.63, 3.8) is 0 Å². The number of nitrogens with zero attached hydrogens (tertiary/aromatic N) is 2. The molecule has 6 heteroatoms. The summed E-state index contributed by atoms with van der Waals surface area (Å²) >= 11 is 0. The number of amides is 2. The molecule has 0 aliphatic carbocycles. The number of carbonyl (C=O) groups excluding carboxylic acids is 1. The van der Waals surface area contributed by atoms with Crippen molar-refractivity contribution in [3.05, 3.63) is 59.4 Å².